The van der Waals surface area contributed by atoms with Crippen LogP contribution in [0.5, 0.6) is 0 Å². The van der Waals surface area contributed by atoms with Crippen LogP contribution >= 0.6 is 0 Å². The van der Waals surface area contributed by atoms with E-state index in [-0.39, 0.29) is 11.3 Å². The van der Waals surface area contributed by atoms with E-state index in [0.29, 0.717) is 12.2 Å². The second-order valence-electron chi connectivity index (χ2n) is 11.9. The molecule has 0 amide bonds. The van der Waals surface area contributed by atoms with Crippen LogP contribution < -0.4 is 4.90 Å². The number of ether oxygens (including phenoxy) is 1. The van der Waals surface area contributed by atoms with Gasteiger partial charge in [-0.3, -0.25) is 0 Å². The van der Waals surface area contributed by atoms with Crippen LogP contribution in [0.3, 0.4) is 0 Å². The molecule has 45 heavy (non-hydrogen) atoms. The third-order valence-electron chi connectivity index (χ3n) is 9.06. The Hall–Kier alpha value is -5.58. The van der Waals surface area contributed by atoms with Crippen LogP contribution in [0.2, 0.25) is 0 Å². The maximum absolute atomic E-state index is 9.60. The number of allylic oxidation sites excluding steroid dienone is 3. The van der Waals surface area contributed by atoms with Crippen molar-refractivity contribution in [1.29, 1.82) is 5.26 Å². The third-order valence-corrected chi connectivity index (χ3v) is 9.06. The van der Waals surface area contributed by atoms with Crippen LogP contribution in [0.25, 0.3) is 32.5 Å². The average Bonchev–Trinajstić information content (AvgIpc) is 3.09. The maximum Gasteiger partial charge on any atom is 0.265 e. The summed E-state index contributed by atoms with van der Waals surface area (Å²) in [5.41, 5.74) is 4.98. The minimum atomic E-state index is -0.323. The molecule has 1 aliphatic carbocycles. The highest BCUT2D eigenvalue weighted by atomic mass is 16.5. The molecule has 0 unspecified atom stereocenters. The SMILES string of the molecule is [C-]#[N+]/C(C#N)=C1C=C(/C=C/c2ccc(N(c3cccc4ccccc34)c3cccc4ccccc34)cc2)OC2(CCCCC2)C\1. The van der Waals surface area contributed by atoms with Gasteiger partial charge in [0.25, 0.3) is 5.70 Å². The molecular weight excluding hydrogens is 550 g/mol. The molecule has 0 atom stereocenters. The molecule has 1 heterocycles. The number of hydrogen-bond donors (Lipinski definition) is 0. The Morgan fingerprint density at radius 2 is 1.36 bits per heavy atom. The van der Waals surface area contributed by atoms with Crippen molar-refractivity contribution in [2.75, 3.05) is 4.90 Å². The summed E-state index contributed by atoms with van der Waals surface area (Å²) < 4.78 is 6.59. The van der Waals surface area contributed by atoms with Gasteiger partial charge in [-0.1, -0.05) is 97.4 Å². The summed E-state index contributed by atoms with van der Waals surface area (Å²) in [4.78, 5) is 5.86. The van der Waals surface area contributed by atoms with Gasteiger partial charge < -0.3 is 9.64 Å². The molecule has 1 aliphatic heterocycles. The molecule has 4 nitrogen and oxygen atoms in total. The largest absolute Gasteiger partial charge is 0.487 e. The molecule has 1 fully saturated rings. The lowest BCUT2D eigenvalue weighted by Crippen LogP contribution is -2.37. The fourth-order valence-electron chi connectivity index (χ4n) is 6.89. The van der Waals surface area contributed by atoms with E-state index >= 15 is 0 Å². The Morgan fingerprint density at radius 1 is 0.756 bits per heavy atom. The lowest BCUT2D eigenvalue weighted by Gasteiger charge is -2.41. The normalized spacial score (nSPS) is 17.0. The first-order chi connectivity index (χ1) is 22.2. The van der Waals surface area contributed by atoms with Crippen molar-refractivity contribution in [3.63, 3.8) is 0 Å². The monoisotopic (exact) mass is 583 g/mol. The number of hydrogen-bond acceptors (Lipinski definition) is 3. The first-order valence-electron chi connectivity index (χ1n) is 15.6. The van der Waals surface area contributed by atoms with Crippen molar-refractivity contribution in [2.45, 2.75) is 44.1 Å². The number of nitriles is 1. The van der Waals surface area contributed by atoms with Gasteiger partial charge in [-0.15, -0.1) is 0 Å². The van der Waals surface area contributed by atoms with Gasteiger partial charge in [0.15, 0.2) is 0 Å². The maximum atomic E-state index is 9.60. The van der Waals surface area contributed by atoms with Gasteiger partial charge >= 0.3 is 0 Å². The predicted octanol–water partition coefficient (Wildman–Crippen LogP) is 11.2. The van der Waals surface area contributed by atoms with Crippen molar-refractivity contribution in [3.05, 3.63) is 155 Å². The number of anilines is 3. The molecule has 218 valence electrons. The van der Waals surface area contributed by atoms with Crippen LogP contribution in [0.15, 0.2) is 138 Å². The van der Waals surface area contributed by atoms with E-state index in [1.54, 1.807) is 0 Å². The zero-order valence-corrected chi connectivity index (χ0v) is 25.1. The fraction of sp³-hybridized carbons (Fsp3) is 0.171. The van der Waals surface area contributed by atoms with E-state index in [4.69, 9.17) is 11.3 Å². The molecule has 5 aromatic carbocycles. The summed E-state index contributed by atoms with van der Waals surface area (Å²) in [6.45, 7) is 7.52. The minimum Gasteiger partial charge on any atom is -0.487 e. The smallest absolute Gasteiger partial charge is 0.265 e. The zero-order chi connectivity index (χ0) is 30.6. The standard InChI is InChI=1S/C41H33N3O/c1-43-38(29-42)33-27-35(45-41(28-33)25-7-2-8-26-41)24-21-30-19-22-34(23-20-30)44(39-17-9-13-31-11-3-5-15-36(31)39)40-18-10-14-32-12-4-6-16-37(32)40/h3-6,9-24,27H,2,7-8,25-26,28H2/b24-21+,38-33+. The van der Waals surface area contributed by atoms with E-state index in [9.17, 15) is 5.26 Å². The van der Waals surface area contributed by atoms with Crippen molar-refractivity contribution in [2.24, 2.45) is 0 Å². The highest BCUT2D eigenvalue weighted by molar-refractivity contribution is 6.04. The molecule has 4 heteroatoms. The van der Waals surface area contributed by atoms with E-state index < -0.39 is 0 Å². The van der Waals surface area contributed by atoms with Crippen molar-refractivity contribution >= 4 is 44.7 Å². The Kier molecular flexibility index (Phi) is 7.64. The van der Waals surface area contributed by atoms with Gasteiger partial charge in [0.2, 0.25) is 0 Å². The first-order valence-corrected chi connectivity index (χ1v) is 15.6. The Balaban J connectivity index is 1.27. The summed E-state index contributed by atoms with van der Waals surface area (Å²) in [7, 11) is 0. The second kappa shape index (κ2) is 12.2. The van der Waals surface area contributed by atoms with E-state index in [2.05, 4.69) is 131 Å². The molecular formula is C41H33N3O. The molecule has 0 saturated heterocycles. The summed E-state index contributed by atoms with van der Waals surface area (Å²) in [5, 5.41) is 14.4. The van der Waals surface area contributed by atoms with Crippen LogP contribution in [0.1, 0.15) is 44.1 Å². The highest BCUT2D eigenvalue weighted by Crippen LogP contribution is 2.44. The molecule has 2 aliphatic rings. The van der Waals surface area contributed by atoms with E-state index in [1.165, 1.54) is 28.0 Å². The van der Waals surface area contributed by atoms with Gasteiger partial charge in [-0.25, -0.2) is 10.1 Å². The van der Waals surface area contributed by atoms with E-state index in [1.807, 2.05) is 12.2 Å². The molecule has 0 bridgehead atoms. The fourth-order valence-corrected chi connectivity index (χ4v) is 6.89. The van der Waals surface area contributed by atoms with Crippen molar-refractivity contribution in [1.82, 2.24) is 0 Å². The van der Waals surface area contributed by atoms with Crippen molar-refractivity contribution < 1.29 is 4.74 Å². The molecule has 5 aromatic rings. The van der Waals surface area contributed by atoms with Crippen LogP contribution in [-0.4, -0.2) is 5.60 Å². The van der Waals surface area contributed by atoms with Gasteiger partial charge in [0.1, 0.15) is 11.4 Å². The molecule has 7 rings (SSSR count). The van der Waals surface area contributed by atoms with Gasteiger partial charge in [-0.2, -0.15) is 0 Å². The highest BCUT2D eigenvalue weighted by Gasteiger charge is 2.38. The zero-order valence-electron chi connectivity index (χ0n) is 25.1. The second-order valence-corrected chi connectivity index (χ2v) is 11.9. The lowest BCUT2D eigenvalue weighted by molar-refractivity contribution is -0.0285. The van der Waals surface area contributed by atoms with Gasteiger partial charge in [0.05, 0.1) is 24.0 Å². The molecule has 0 N–H and O–H groups in total. The Morgan fingerprint density at radius 3 is 1.96 bits per heavy atom. The summed E-state index contributed by atoms with van der Waals surface area (Å²) in [6.07, 6.45) is 11.9. The predicted molar refractivity (Wildman–Crippen MR) is 184 cm³/mol. The lowest BCUT2D eigenvalue weighted by atomic mass is 9.78. The number of fused-ring (bicyclic) bond motifs is 2. The topological polar surface area (TPSA) is 40.6 Å². The van der Waals surface area contributed by atoms with E-state index in [0.717, 1.165) is 53.9 Å². The molecule has 1 saturated carbocycles. The Labute approximate surface area is 264 Å². The summed E-state index contributed by atoms with van der Waals surface area (Å²) in [6, 6.07) is 40.7. The summed E-state index contributed by atoms with van der Waals surface area (Å²) in [5.74, 6) is 0.715. The third kappa shape index (κ3) is 5.60. The minimum absolute atomic E-state index is 0.167. The van der Waals surface area contributed by atoms with Crippen LogP contribution in [0, 0.1) is 17.9 Å². The molecule has 0 aromatic heterocycles. The van der Waals surface area contributed by atoms with Crippen LogP contribution in [-0.2, 0) is 4.74 Å². The summed E-state index contributed by atoms with van der Waals surface area (Å²) >= 11 is 0. The number of rotatable bonds is 5. The van der Waals surface area contributed by atoms with Crippen molar-refractivity contribution in [3.8, 4) is 6.07 Å². The average molecular weight is 584 g/mol. The number of benzene rings is 5. The molecule has 1 spiro atoms. The Bertz CT molecular complexity index is 1960. The van der Waals surface area contributed by atoms with Crippen LogP contribution in [0.4, 0.5) is 17.1 Å². The quantitative estimate of drug-likeness (QED) is 0.153. The van der Waals surface area contributed by atoms with Gasteiger partial charge in [-0.05, 0) is 84.0 Å². The molecule has 0 radical (unpaired) electrons. The van der Waals surface area contributed by atoms with Gasteiger partial charge in [0, 0.05) is 22.9 Å². The number of nitrogens with zero attached hydrogens (tertiary/aromatic N) is 3. The first kappa shape index (κ1) is 28.2.